The fourth-order valence-electron chi connectivity index (χ4n) is 11.0. The second-order valence-corrected chi connectivity index (χ2v) is 21.1. The van der Waals surface area contributed by atoms with Gasteiger partial charge < -0.3 is 22.6 Å². The molecule has 2 atom stereocenters. The summed E-state index contributed by atoms with van der Waals surface area (Å²) in [5.41, 5.74) is 9.88. The van der Waals surface area contributed by atoms with E-state index < -0.39 is 10.8 Å². The molecule has 1 radical (unpaired) electrons. The van der Waals surface area contributed by atoms with Gasteiger partial charge in [0.1, 0.15) is 11.5 Å². The van der Waals surface area contributed by atoms with Gasteiger partial charge in [-0.05, 0) is 92.4 Å². The van der Waals surface area contributed by atoms with Crippen LogP contribution in [-0.4, -0.2) is 34.7 Å². The maximum absolute atomic E-state index is 12.3. The molecule has 0 bridgehead atoms. The Morgan fingerprint density at radius 1 is 0.375 bits per heavy atom. The number of hydrogen-bond donors (Lipinski definition) is 2. The topological polar surface area (TPSA) is 65.2 Å². The van der Waals surface area contributed by atoms with Crippen LogP contribution in [0.5, 0.6) is 11.5 Å². The molecule has 0 aliphatic heterocycles. The molecule has 9 rings (SSSR count). The van der Waals surface area contributed by atoms with Crippen LogP contribution in [0.2, 0.25) is 0 Å². The summed E-state index contributed by atoms with van der Waals surface area (Å²) in [7, 11) is 0. The van der Waals surface area contributed by atoms with Crippen LogP contribution in [0.15, 0.2) is 216 Å². The minimum absolute atomic E-state index is 0. The molecule has 8 aromatic rings. The van der Waals surface area contributed by atoms with Crippen LogP contribution in [0, 0.1) is 0 Å². The monoisotopic (exact) mass is 1010 g/mol. The molecule has 0 aromatic heterocycles. The van der Waals surface area contributed by atoms with Crippen LogP contribution in [0.3, 0.4) is 0 Å². The Balaban J connectivity index is 0.00000380. The predicted octanol–water partition coefficient (Wildman–Crippen LogP) is 12.3. The van der Waals surface area contributed by atoms with E-state index in [0.717, 1.165) is 81.3 Å². The molecule has 8 aromatic carbocycles. The van der Waals surface area contributed by atoms with E-state index in [1.807, 2.05) is 12.4 Å². The first-order valence-electron chi connectivity index (χ1n) is 25.0. The molecule has 0 unspecified atom stereocenters. The fraction of sp³-hybridized carbons (Fsp3) is 0.242. The summed E-state index contributed by atoms with van der Waals surface area (Å²) in [6, 6.07) is 72.8. The van der Waals surface area contributed by atoms with Gasteiger partial charge in [0.25, 0.3) is 0 Å². The van der Waals surface area contributed by atoms with Gasteiger partial charge in [-0.2, -0.15) is 0 Å². The minimum atomic E-state index is -0.695. The molecule has 1 aliphatic rings. The van der Waals surface area contributed by atoms with Crippen LogP contribution >= 0.6 is 0 Å². The molecule has 0 heterocycles. The molecular formula is C66H66ClMnN2O2-. The summed E-state index contributed by atoms with van der Waals surface area (Å²) >= 11 is 0. The molecule has 367 valence electrons. The summed E-state index contributed by atoms with van der Waals surface area (Å²) in [6.45, 7) is 13.0. The molecule has 1 aliphatic carbocycles. The average molecular weight is 1010 g/mol. The zero-order valence-electron chi connectivity index (χ0n) is 42.3. The van der Waals surface area contributed by atoms with Crippen molar-refractivity contribution in [3.05, 3.63) is 273 Å². The van der Waals surface area contributed by atoms with E-state index in [9.17, 15) is 10.2 Å². The minimum Gasteiger partial charge on any atom is -1.00 e. The molecule has 0 spiro atoms. The predicted molar refractivity (Wildman–Crippen MR) is 291 cm³/mol. The number of benzene rings is 8. The van der Waals surface area contributed by atoms with Crippen molar-refractivity contribution in [3.8, 4) is 11.5 Å². The molecule has 1 fully saturated rings. The summed E-state index contributed by atoms with van der Waals surface area (Å²) < 4.78 is 0. The fourth-order valence-corrected chi connectivity index (χ4v) is 11.0. The number of aromatic hydroxyl groups is 2. The van der Waals surface area contributed by atoms with Crippen molar-refractivity contribution < 1.29 is 39.7 Å². The van der Waals surface area contributed by atoms with E-state index in [1.165, 1.54) is 0 Å². The molecule has 72 heavy (non-hydrogen) atoms. The normalized spacial score (nSPS) is 15.5. The van der Waals surface area contributed by atoms with Crippen molar-refractivity contribution in [2.45, 2.75) is 101 Å². The van der Waals surface area contributed by atoms with Crippen molar-refractivity contribution in [2.75, 3.05) is 0 Å². The quantitative estimate of drug-likeness (QED) is 0.0728. The first kappa shape index (κ1) is 53.3. The van der Waals surface area contributed by atoms with Gasteiger partial charge >= 0.3 is 0 Å². The number of phenols is 2. The summed E-state index contributed by atoms with van der Waals surface area (Å²) in [5.74, 6) is 0.489. The SMILES string of the molecule is CC(C)(C)c1cc(C(c2ccccc2)(c2ccccc2)c2ccccc2)cc(C=N[C@@H]2CCCC[C@H]2N=Cc2cc(C(c3ccccc3)(c3ccccc3)c3ccccc3)cc(C(C)(C)C)c2O)c1O.[Cl-].[Mn]. The first-order valence-corrected chi connectivity index (χ1v) is 25.0. The number of phenolic OH excluding ortho intramolecular Hbond substituents is 2. The van der Waals surface area contributed by atoms with E-state index in [-0.39, 0.29) is 63.9 Å². The molecular weight excluding hydrogens is 943 g/mol. The standard InChI is InChI=1S/C66H66N2O2.ClH.Mn/c1-63(2,3)57-43-55(65(49-27-13-7-14-28-49,50-29-15-8-16-30-50)51-31-17-9-18-32-51)41-47(61(57)69)45-67-59-39-25-26-40-60(59)68-46-48-42-56(44-58(62(48)70)64(4,5)6)66(52-33-19-10-20-34-52,53-35-21-11-22-36-53)54-37-23-12-24-38-54;;/h7-24,27-38,41-46,59-60,69-70H,25-26,39-40H2,1-6H3;1H;/p-1/t59-,60-;;/m1../s1. The molecule has 2 N–H and O–H groups in total. The molecule has 0 amide bonds. The zero-order chi connectivity index (χ0) is 48.9. The van der Waals surface area contributed by atoms with Gasteiger partial charge in [0.2, 0.25) is 0 Å². The third-order valence-electron chi connectivity index (χ3n) is 14.5. The van der Waals surface area contributed by atoms with Gasteiger partial charge in [-0.3, -0.25) is 9.98 Å². The second-order valence-electron chi connectivity index (χ2n) is 21.1. The second kappa shape index (κ2) is 22.5. The Morgan fingerprint density at radius 2 is 0.611 bits per heavy atom. The van der Waals surface area contributed by atoms with Gasteiger partial charge in [0.05, 0.1) is 22.9 Å². The Kier molecular flexibility index (Phi) is 16.7. The van der Waals surface area contributed by atoms with Crippen molar-refractivity contribution >= 4 is 12.4 Å². The number of rotatable bonds is 12. The van der Waals surface area contributed by atoms with Crippen molar-refractivity contribution in [1.82, 2.24) is 0 Å². The van der Waals surface area contributed by atoms with Gasteiger partial charge in [-0.25, -0.2) is 0 Å². The summed E-state index contributed by atoms with van der Waals surface area (Å²) in [6.07, 6.45) is 7.62. The van der Waals surface area contributed by atoms with Crippen molar-refractivity contribution in [3.63, 3.8) is 0 Å². The molecule has 0 saturated heterocycles. The zero-order valence-corrected chi connectivity index (χ0v) is 44.2. The van der Waals surface area contributed by atoms with Crippen LogP contribution in [-0.2, 0) is 38.7 Å². The third-order valence-corrected chi connectivity index (χ3v) is 14.5. The van der Waals surface area contributed by atoms with Crippen LogP contribution in [0.25, 0.3) is 0 Å². The van der Waals surface area contributed by atoms with E-state index >= 15 is 0 Å². The van der Waals surface area contributed by atoms with Crippen LogP contribution in [0.4, 0.5) is 0 Å². The molecule has 6 heteroatoms. The smallest absolute Gasteiger partial charge is 0.128 e. The average Bonchev–Trinajstić information content (AvgIpc) is 3.38. The van der Waals surface area contributed by atoms with Crippen LogP contribution < -0.4 is 12.4 Å². The Morgan fingerprint density at radius 3 is 0.833 bits per heavy atom. The number of aliphatic imine (C=N–C) groups is 2. The number of halogens is 1. The summed E-state index contributed by atoms with van der Waals surface area (Å²) in [5, 5.41) is 24.6. The Labute approximate surface area is 445 Å². The van der Waals surface area contributed by atoms with E-state index in [2.05, 4.69) is 248 Å². The van der Waals surface area contributed by atoms with Gasteiger partial charge in [0.15, 0.2) is 0 Å². The molecule has 4 nitrogen and oxygen atoms in total. The van der Waals surface area contributed by atoms with Crippen molar-refractivity contribution in [1.29, 1.82) is 0 Å². The third kappa shape index (κ3) is 10.4. The first-order chi connectivity index (χ1) is 33.8. The van der Waals surface area contributed by atoms with E-state index in [4.69, 9.17) is 9.98 Å². The maximum Gasteiger partial charge on any atom is 0.128 e. The largest absolute Gasteiger partial charge is 1.00 e. The van der Waals surface area contributed by atoms with Gasteiger partial charge in [-0.1, -0.05) is 236 Å². The van der Waals surface area contributed by atoms with Crippen LogP contribution in [0.1, 0.15) is 134 Å². The number of nitrogens with zero attached hydrogens (tertiary/aromatic N) is 2. The maximum atomic E-state index is 12.3. The van der Waals surface area contributed by atoms with Gasteiger partial charge in [-0.15, -0.1) is 0 Å². The summed E-state index contributed by atoms with van der Waals surface area (Å²) in [4.78, 5) is 10.7. The Hall–Kier alpha value is -6.49. The van der Waals surface area contributed by atoms with Crippen molar-refractivity contribution in [2.24, 2.45) is 9.98 Å². The number of hydrogen-bond acceptors (Lipinski definition) is 4. The van der Waals surface area contributed by atoms with E-state index in [0.29, 0.717) is 11.1 Å². The Bertz CT molecular complexity index is 2670. The van der Waals surface area contributed by atoms with Gasteiger partial charge in [0, 0.05) is 51.8 Å². The van der Waals surface area contributed by atoms with E-state index in [1.54, 1.807) is 0 Å². The molecule has 1 saturated carbocycles.